The van der Waals surface area contributed by atoms with Gasteiger partial charge in [-0.15, -0.1) is 11.3 Å². The van der Waals surface area contributed by atoms with Crippen LogP contribution in [-0.2, 0) is 11.3 Å². The lowest BCUT2D eigenvalue weighted by atomic mass is 10.2. The van der Waals surface area contributed by atoms with Crippen LogP contribution in [-0.4, -0.2) is 38.8 Å². The van der Waals surface area contributed by atoms with Crippen LogP contribution in [0.1, 0.15) is 0 Å². The van der Waals surface area contributed by atoms with E-state index in [2.05, 4.69) is 27.4 Å². The first-order valence-electron chi connectivity index (χ1n) is 7.78. The number of carbonyl (C=O) groups is 1. The molecule has 0 saturated heterocycles. The number of carboxylic acids is 1. The molecule has 4 rings (SSSR count). The molecule has 0 spiro atoms. The number of benzene rings is 1. The number of ether oxygens (including phenoxy) is 1. The third-order valence-corrected chi connectivity index (χ3v) is 4.23. The highest BCUT2D eigenvalue weighted by molar-refractivity contribution is 7.13. The van der Waals surface area contributed by atoms with Crippen LogP contribution in [0, 0.1) is 0 Å². The van der Waals surface area contributed by atoms with Crippen molar-refractivity contribution in [3.8, 4) is 16.5 Å². The number of aliphatic carboxylic acids is 1. The molecule has 9 heteroatoms. The molecule has 134 valence electrons. The second-order valence-corrected chi connectivity index (χ2v) is 6.12. The van der Waals surface area contributed by atoms with Crippen molar-refractivity contribution in [2.75, 3.05) is 18.5 Å². The monoisotopic (exact) mass is 372 g/mol. The minimum Gasteiger partial charge on any atom is -0.480 e. The Morgan fingerprint density at radius 2 is 2.12 bits per heavy atom. The van der Waals surface area contributed by atoms with Crippen LogP contribution in [0.25, 0.3) is 10.6 Å². The first kappa shape index (κ1) is 17.6. The highest BCUT2D eigenvalue weighted by atomic mass is 32.1. The average molecular weight is 372 g/mol. The van der Waals surface area contributed by atoms with Crippen LogP contribution < -0.4 is 15.6 Å². The summed E-state index contributed by atoms with van der Waals surface area (Å²) in [6, 6.07) is 10.2. The Labute approximate surface area is 152 Å². The first-order valence-corrected chi connectivity index (χ1v) is 8.66. The third-order valence-electron chi connectivity index (χ3n) is 3.40. The van der Waals surface area contributed by atoms with E-state index in [-0.39, 0.29) is 11.6 Å². The molecular formula is C17H16N4O4S. The number of nitrogens with zero attached hydrogens (tertiary/aromatic N) is 3. The Morgan fingerprint density at radius 1 is 1.31 bits per heavy atom. The topological polar surface area (TPSA) is 106 Å². The van der Waals surface area contributed by atoms with Crippen molar-refractivity contribution in [1.29, 1.82) is 0 Å². The zero-order valence-electron chi connectivity index (χ0n) is 13.7. The lowest BCUT2D eigenvalue weighted by Gasteiger charge is -2.17. The molecule has 3 aromatic rings. The number of hydrogen-bond donors (Lipinski definition) is 2. The maximum Gasteiger partial charge on any atom is 0.323 e. The number of rotatable bonds is 3. The second-order valence-electron chi connectivity index (χ2n) is 5.23. The molecular weight excluding hydrogens is 356 g/mol. The molecule has 0 atom stereocenters. The molecule has 0 fully saturated rings. The van der Waals surface area contributed by atoms with Crippen molar-refractivity contribution in [2.45, 2.75) is 6.54 Å². The molecule has 0 aliphatic carbocycles. The number of hydrogen-bond acceptors (Lipinski definition) is 7. The van der Waals surface area contributed by atoms with Crippen molar-refractivity contribution in [3.63, 3.8) is 0 Å². The molecule has 0 unspecified atom stereocenters. The lowest BCUT2D eigenvalue weighted by Crippen LogP contribution is -2.31. The van der Waals surface area contributed by atoms with Gasteiger partial charge >= 0.3 is 5.97 Å². The molecule has 0 bridgehead atoms. The van der Waals surface area contributed by atoms with E-state index in [9.17, 15) is 9.59 Å². The maximum absolute atomic E-state index is 11.7. The molecule has 1 aliphatic rings. The molecule has 2 N–H and O–H groups in total. The predicted molar refractivity (Wildman–Crippen MR) is 97.7 cm³/mol. The number of nitrogens with one attached hydrogen (secondary N) is 1. The Bertz CT molecular complexity index is 926. The van der Waals surface area contributed by atoms with E-state index in [1.54, 1.807) is 11.3 Å². The number of aromatic nitrogens is 3. The third kappa shape index (κ3) is 4.25. The van der Waals surface area contributed by atoms with Gasteiger partial charge in [0.05, 0.1) is 0 Å². The molecule has 8 nitrogen and oxygen atoms in total. The lowest BCUT2D eigenvalue weighted by molar-refractivity contribution is -0.137. The van der Waals surface area contributed by atoms with E-state index < -0.39 is 18.1 Å². The van der Waals surface area contributed by atoms with Gasteiger partial charge in [-0.1, -0.05) is 30.3 Å². The minimum absolute atomic E-state index is 0.227. The molecule has 26 heavy (non-hydrogen) atoms. The Hall–Kier alpha value is -3.20. The van der Waals surface area contributed by atoms with Crippen LogP contribution in [0.5, 0.6) is 5.88 Å². The SMILES string of the molecule is O=C(O)Cn1cnc2c(c1=O)NCCO2.c1ccc(-c2nccs2)cc1. The molecule has 2 aromatic heterocycles. The van der Waals surface area contributed by atoms with Gasteiger partial charge in [-0.05, 0) is 0 Å². The number of fused-ring (bicyclic) bond motifs is 1. The smallest absolute Gasteiger partial charge is 0.323 e. The average Bonchev–Trinajstić information content (AvgIpc) is 3.20. The summed E-state index contributed by atoms with van der Waals surface area (Å²) in [5.74, 6) is -0.858. The zero-order valence-corrected chi connectivity index (χ0v) is 14.5. The number of thiazole rings is 1. The summed E-state index contributed by atoms with van der Waals surface area (Å²) in [7, 11) is 0. The van der Waals surface area contributed by atoms with Gasteiger partial charge in [-0.2, -0.15) is 0 Å². The predicted octanol–water partition coefficient (Wildman–Crippen LogP) is 1.94. The summed E-state index contributed by atoms with van der Waals surface area (Å²) in [6.07, 6.45) is 3.00. The summed E-state index contributed by atoms with van der Waals surface area (Å²) < 4.78 is 6.15. The number of anilines is 1. The van der Waals surface area contributed by atoms with Gasteiger partial charge in [0.25, 0.3) is 5.56 Å². The molecule has 1 aliphatic heterocycles. The van der Waals surface area contributed by atoms with Crippen LogP contribution >= 0.6 is 11.3 Å². The zero-order chi connectivity index (χ0) is 18.4. The molecule has 0 radical (unpaired) electrons. The van der Waals surface area contributed by atoms with Gasteiger partial charge < -0.3 is 15.2 Å². The quantitative estimate of drug-likeness (QED) is 0.723. The van der Waals surface area contributed by atoms with Crippen LogP contribution in [0.4, 0.5) is 5.69 Å². The first-order chi connectivity index (χ1) is 12.6. The maximum atomic E-state index is 11.7. The fourth-order valence-corrected chi connectivity index (χ4v) is 2.91. The standard InChI is InChI=1S/C9H7NS.C8H9N3O4/c1-2-4-8(5-3-1)9-10-6-7-11-9;12-5(13)3-11-4-10-7-6(8(11)14)9-1-2-15-7/h1-7H;4,9H,1-3H2,(H,12,13). The summed E-state index contributed by atoms with van der Waals surface area (Å²) in [5.41, 5.74) is 0.995. The Balaban J connectivity index is 0.000000158. The molecule has 3 heterocycles. The van der Waals surface area contributed by atoms with E-state index in [1.807, 2.05) is 29.8 Å². The molecule has 0 amide bonds. The van der Waals surface area contributed by atoms with Gasteiger partial charge in [0, 0.05) is 23.7 Å². The Morgan fingerprint density at radius 3 is 2.81 bits per heavy atom. The van der Waals surface area contributed by atoms with E-state index in [0.29, 0.717) is 13.2 Å². The van der Waals surface area contributed by atoms with Crippen molar-refractivity contribution in [1.82, 2.24) is 14.5 Å². The molecule has 0 saturated carbocycles. The van der Waals surface area contributed by atoms with Crippen molar-refractivity contribution >= 4 is 23.0 Å². The van der Waals surface area contributed by atoms with Gasteiger partial charge in [-0.25, -0.2) is 9.97 Å². The van der Waals surface area contributed by atoms with E-state index in [1.165, 1.54) is 11.9 Å². The normalized spacial score (nSPS) is 12.0. The van der Waals surface area contributed by atoms with Gasteiger partial charge in [0.1, 0.15) is 24.5 Å². The van der Waals surface area contributed by atoms with Crippen molar-refractivity contribution in [2.24, 2.45) is 0 Å². The van der Waals surface area contributed by atoms with Gasteiger partial charge in [0.2, 0.25) is 5.88 Å². The number of carboxylic acid groups (broad SMARTS) is 1. The van der Waals surface area contributed by atoms with Crippen LogP contribution in [0.15, 0.2) is 53.0 Å². The van der Waals surface area contributed by atoms with Crippen molar-refractivity contribution in [3.05, 3.63) is 58.6 Å². The Kier molecular flexibility index (Phi) is 5.59. The summed E-state index contributed by atoms with van der Waals surface area (Å²) in [4.78, 5) is 30.2. The second kappa shape index (κ2) is 8.26. The fourth-order valence-electron chi connectivity index (χ4n) is 2.26. The van der Waals surface area contributed by atoms with Crippen LogP contribution in [0.2, 0.25) is 0 Å². The van der Waals surface area contributed by atoms with E-state index >= 15 is 0 Å². The van der Waals surface area contributed by atoms with E-state index in [4.69, 9.17) is 9.84 Å². The van der Waals surface area contributed by atoms with Gasteiger partial charge in [0.15, 0.2) is 5.69 Å². The summed E-state index contributed by atoms with van der Waals surface area (Å²) in [5, 5.41) is 14.5. The summed E-state index contributed by atoms with van der Waals surface area (Å²) >= 11 is 1.66. The fraction of sp³-hybridized carbons (Fsp3) is 0.176. The van der Waals surface area contributed by atoms with Crippen LogP contribution in [0.3, 0.4) is 0 Å². The summed E-state index contributed by atoms with van der Waals surface area (Å²) in [6.45, 7) is 0.560. The molecule has 1 aromatic carbocycles. The van der Waals surface area contributed by atoms with Crippen molar-refractivity contribution < 1.29 is 14.6 Å². The highest BCUT2D eigenvalue weighted by Crippen LogP contribution is 2.20. The van der Waals surface area contributed by atoms with Gasteiger partial charge in [-0.3, -0.25) is 14.2 Å². The highest BCUT2D eigenvalue weighted by Gasteiger charge is 2.17. The van der Waals surface area contributed by atoms with E-state index in [0.717, 1.165) is 9.57 Å². The largest absolute Gasteiger partial charge is 0.480 e. The minimum atomic E-state index is -1.09.